The van der Waals surface area contributed by atoms with E-state index in [4.69, 9.17) is 15.2 Å². The molecule has 2 aromatic carbocycles. The van der Waals surface area contributed by atoms with E-state index in [0.29, 0.717) is 31.3 Å². The number of hydrogen-bond donors (Lipinski definition) is 1. The minimum absolute atomic E-state index is 0.0876. The molecule has 0 radical (unpaired) electrons. The Balaban J connectivity index is 1.04. The first-order valence-electron chi connectivity index (χ1n) is 15.1. The first-order chi connectivity index (χ1) is 21.2. The van der Waals surface area contributed by atoms with Gasteiger partial charge < -0.3 is 24.7 Å². The van der Waals surface area contributed by atoms with Crippen molar-refractivity contribution in [2.75, 3.05) is 58.9 Å². The van der Waals surface area contributed by atoms with E-state index < -0.39 is 0 Å². The smallest absolute Gasteiger partial charge is 0.247 e. The molecule has 4 aromatic rings. The number of likely N-dealkylation sites (tertiary alicyclic amines) is 1. The number of piperidine rings is 1. The van der Waals surface area contributed by atoms with Crippen molar-refractivity contribution in [3.8, 4) is 23.1 Å². The molecule has 2 aliphatic rings. The summed E-state index contributed by atoms with van der Waals surface area (Å²) >= 11 is 0. The van der Waals surface area contributed by atoms with Crippen LogP contribution in [0.5, 0.6) is 23.1 Å². The molecule has 224 valence electrons. The monoisotopic (exact) mass is 581 g/mol. The zero-order chi connectivity index (χ0) is 29.4. The number of amides is 1. The zero-order valence-corrected chi connectivity index (χ0v) is 24.4. The molecule has 2 N–H and O–H groups in total. The highest BCUT2D eigenvalue weighted by atomic mass is 16.5. The molecule has 10 nitrogen and oxygen atoms in total. The van der Waals surface area contributed by atoms with Crippen LogP contribution >= 0.6 is 0 Å². The van der Waals surface area contributed by atoms with Gasteiger partial charge in [-0.3, -0.25) is 14.6 Å². The molecule has 0 bridgehead atoms. The van der Waals surface area contributed by atoms with Crippen molar-refractivity contribution < 1.29 is 14.3 Å². The van der Waals surface area contributed by atoms with Crippen LogP contribution in [-0.2, 0) is 4.79 Å². The molecule has 10 heteroatoms. The van der Waals surface area contributed by atoms with E-state index in [0.717, 1.165) is 74.6 Å². The van der Waals surface area contributed by atoms with Gasteiger partial charge in [0.05, 0.1) is 5.52 Å². The first-order valence-corrected chi connectivity index (χ1v) is 15.1. The van der Waals surface area contributed by atoms with Crippen LogP contribution in [0.15, 0.2) is 85.3 Å². The van der Waals surface area contributed by atoms with Crippen LogP contribution in [0.25, 0.3) is 11.0 Å². The highest BCUT2D eigenvalue weighted by molar-refractivity contribution is 5.87. The minimum atomic E-state index is 0.0876. The van der Waals surface area contributed by atoms with E-state index in [9.17, 15) is 4.79 Å². The van der Waals surface area contributed by atoms with Gasteiger partial charge in [-0.05, 0) is 55.3 Å². The number of benzene rings is 2. The normalized spacial score (nSPS) is 17.1. The summed E-state index contributed by atoms with van der Waals surface area (Å²) < 4.78 is 14.4. The summed E-state index contributed by atoms with van der Waals surface area (Å²) in [4.78, 5) is 28.6. The standard InChI is InChI=1S/C33H39N7O3/c34-15-20-38-23-21-37(22-24-38)16-4-7-31(41)39-17-12-26(13-18-39)40-19-14-30-32(40)33(36-25-35-30)43-29-10-8-28(9-11-29)42-27-5-2-1-3-6-27/h1-11,14,19,25-26H,12-13,15-18,20-24,34H2. The number of aromatic nitrogens is 3. The van der Waals surface area contributed by atoms with E-state index in [1.165, 1.54) is 6.33 Å². The number of hydrogen-bond acceptors (Lipinski definition) is 8. The summed E-state index contributed by atoms with van der Waals surface area (Å²) in [6, 6.07) is 19.4. The minimum Gasteiger partial charge on any atom is -0.457 e. The molecule has 4 heterocycles. The average molecular weight is 582 g/mol. The third-order valence-electron chi connectivity index (χ3n) is 8.19. The van der Waals surface area contributed by atoms with Crippen molar-refractivity contribution in [1.82, 2.24) is 29.2 Å². The third kappa shape index (κ3) is 7.22. The largest absolute Gasteiger partial charge is 0.457 e. The molecular formula is C33H39N7O3. The Morgan fingerprint density at radius 3 is 2.23 bits per heavy atom. The van der Waals surface area contributed by atoms with Crippen molar-refractivity contribution >= 4 is 16.9 Å². The van der Waals surface area contributed by atoms with Gasteiger partial charge in [0.15, 0.2) is 0 Å². The van der Waals surface area contributed by atoms with E-state index in [2.05, 4.69) is 30.5 Å². The maximum atomic E-state index is 12.9. The quantitative estimate of drug-likeness (QED) is 0.277. The molecule has 1 amide bonds. The molecule has 2 saturated heterocycles. The van der Waals surface area contributed by atoms with Gasteiger partial charge in [0.1, 0.15) is 29.1 Å². The van der Waals surface area contributed by atoms with Crippen LogP contribution in [0.4, 0.5) is 0 Å². The second-order valence-electron chi connectivity index (χ2n) is 11.0. The van der Waals surface area contributed by atoms with Crippen molar-refractivity contribution in [2.45, 2.75) is 18.9 Å². The van der Waals surface area contributed by atoms with Crippen LogP contribution in [0.2, 0.25) is 0 Å². The molecule has 2 aromatic heterocycles. The Morgan fingerprint density at radius 2 is 1.51 bits per heavy atom. The number of nitrogens with two attached hydrogens (primary N) is 1. The molecule has 0 saturated carbocycles. The second-order valence-corrected chi connectivity index (χ2v) is 11.0. The summed E-state index contributed by atoms with van der Waals surface area (Å²) in [7, 11) is 0. The fourth-order valence-electron chi connectivity index (χ4n) is 5.81. The highest BCUT2D eigenvalue weighted by Gasteiger charge is 2.25. The highest BCUT2D eigenvalue weighted by Crippen LogP contribution is 2.34. The van der Waals surface area contributed by atoms with E-state index in [1.807, 2.05) is 71.6 Å². The summed E-state index contributed by atoms with van der Waals surface area (Å²) in [5.41, 5.74) is 7.37. The van der Waals surface area contributed by atoms with E-state index in [1.54, 1.807) is 6.08 Å². The number of piperazine rings is 1. The molecule has 0 aliphatic carbocycles. The van der Waals surface area contributed by atoms with Crippen LogP contribution in [0.1, 0.15) is 18.9 Å². The summed E-state index contributed by atoms with van der Waals surface area (Å²) in [6.45, 7) is 7.97. The predicted molar refractivity (Wildman–Crippen MR) is 166 cm³/mol. The fourth-order valence-corrected chi connectivity index (χ4v) is 5.81. The maximum Gasteiger partial charge on any atom is 0.247 e. The lowest BCUT2D eigenvalue weighted by molar-refractivity contribution is -0.127. The van der Waals surface area contributed by atoms with Gasteiger partial charge in [-0.1, -0.05) is 24.3 Å². The number of carbonyl (C=O) groups excluding carboxylic acids is 1. The Labute approximate surface area is 252 Å². The number of para-hydroxylation sites is 1. The van der Waals surface area contributed by atoms with Gasteiger partial charge in [-0.25, -0.2) is 4.98 Å². The Kier molecular flexibility index (Phi) is 9.27. The second kappa shape index (κ2) is 13.8. The molecule has 0 spiro atoms. The lowest BCUT2D eigenvalue weighted by Crippen LogP contribution is -2.47. The molecule has 6 rings (SSSR count). The molecule has 43 heavy (non-hydrogen) atoms. The summed E-state index contributed by atoms with van der Waals surface area (Å²) in [5.74, 6) is 2.77. The summed E-state index contributed by atoms with van der Waals surface area (Å²) in [6.07, 6.45) is 9.04. The number of rotatable bonds is 10. The Morgan fingerprint density at radius 1 is 0.837 bits per heavy atom. The van der Waals surface area contributed by atoms with Gasteiger partial charge in [0.2, 0.25) is 11.8 Å². The number of carbonyl (C=O) groups is 1. The van der Waals surface area contributed by atoms with E-state index in [-0.39, 0.29) is 11.9 Å². The van der Waals surface area contributed by atoms with Crippen LogP contribution in [0.3, 0.4) is 0 Å². The Hall–Kier alpha value is -4.25. The van der Waals surface area contributed by atoms with Gasteiger partial charge in [0, 0.05) is 77.2 Å². The third-order valence-corrected chi connectivity index (χ3v) is 8.19. The van der Waals surface area contributed by atoms with Crippen LogP contribution in [0, 0.1) is 0 Å². The number of fused-ring (bicyclic) bond motifs is 1. The average Bonchev–Trinajstić information content (AvgIpc) is 3.49. The predicted octanol–water partition coefficient (Wildman–Crippen LogP) is 4.31. The van der Waals surface area contributed by atoms with E-state index >= 15 is 0 Å². The van der Waals surface area contributed by atoms with Gasteiger partial charge in [-0.15, -0.1) is 0 Å². The van der Waals surface area contributed by atoms with Gasteiger partial charge in [-0.2, -0.15) is 4.98 Å². The molecule has 0 atom stereocenters. The van der Waals surface area contributed by atoms with Crippen molar-refractivity contribution in [1.29, 1.82) is 0 Å². The number of nitrogens with zero attached hydrogens (tertiary/aromatic N) is 6. The molecular weight excluding hydrogens is 542 g/mol. The summed E-state index contributed by atoms with van der Waals surface area (Å²) in [5, 5.41) is 0. The molecule has 2 fully saturated rings. The van der Waals surface area contributed by atoms with Gasteiger partial charge >= 0.3 is 0 Å². The van der Waals surface area contributed by atoms with Gasteiger partial charge in [0.25, 0.3) is 0 Å². The van der Waals surface area contributed by atoms with Crippen molar-refractivity contribution in [2.24, 2.45) is 5.73 Å². The number of ether oxygens (including phenoxy) is 2. The molecule has 0 unspecified atom stereocenters. The lowest BCUT2D eigenvalue weighted by Gasteiger charge is -2.34. The van der Waals surface area contributed by atoms with Crippen molar-refractivity contribution in [3.05, 3.63) is 85.3 Å². The van der Waals surface area contributed by atoms with Crippen molar-refractivity contribution in [3.63, 3.8) is 0 Å². The lowest BCUT2D eigenvalue weighted by atomic mass is 10.0. The fraction of sp³-hybridized carbons (Fsp3) is 0.364. The topological polar surface area (TPSA) is 102 Å². The first kappa shape index (κ1) is 28.9. The van der Waals surface area contributed by atoms with Crippen LogP contribution < -0.4 is 15.2 Å². The SMILES string of the molecule is NCCN1CCN(CC=CC(=O)N2CCC(n3ccc4ncnc(Oc5ccc(Oc6ccccc6)cc5)c43)CC2)CC1. The van der Waals surface area contributed by atoms with Crippen LogP contribution in [-0.4, -0.2) is 94.0 Å². The Bertz CT molecular complexity index is 1510. The maximum absolute atomic E-state index is 12.9. The molecule has 2 aliphatic heterocycles. The zero-order valence-electron chi connectivity index (χ0n) is 24.4.